The van der Waals surface area contributed by atoms with Crippen LogP contribution in [-0.2, 0) is 6.42 Å². The maximum Gasteiger partial charge on any atom is 0.119 e. The standard InChI is InChI=1S/C11H16O2/c1-3-10-4-6-11(7-5-10)13-8-9(2)12/h4-7,9,12H,3,8H2,1-2H3/t9-/m0/s1. The highest BCUT2D eigenvalue weighted by Gasteiger charge is 1.97. The van der Waals surface area contributed by atoms with Crippen LogP contribution in [0, 0.1) is 0 Å². The van der Waals surface area contributed by atoms with E-state index in [2.05, 4.69) is 6.92 Å². The molecule has 1 rings (SSSR count). The third-order valence-corrected chi connectivity index (χ3v) is 1.82. The minimum atomic E-state index is -0.411. The van der Waals surface area contributed by atoms with Crippen LogP contribution in [0.3, 0.4) is 0 Å². The molecule has 0 heterocycles. The first-order chi connectivity index (χ1) is 6.22. The molecule has 0 aromatic heterocycles. The van der Waals surface area contributed by atoms with Gasteiger partial charge in [-0.25, -0.2) is 0 Å². The lowest BCUT2D eigenvalue weighted by Crippen LogP contribution is -2.12. The molecule has 0 aliphatic rings. The van der Waals surface area contributed by atoms with Crippen molar-refractivity contribution < 1.29 is 9.84 Å². The first-order valence-corrected chi connectivity index (χ1v) is 4.62. The van der Waals surface area contributed by atoms with Crippen LogP contribution >= 0.6 is 0 Å². The summed E-state index contributed by atoms with van der Waals surface area (Å²) in [5, 5.41) is 8.99. The number of aliphatic hydroxyl groups is 1. The molecule has 2 nitrogen and oxygen atoms in total. The van der Waals surface area contributed by atoms with Gasteiger partial charge in [0.1, 0.15) is 12.4 Å². The van der Waals surface area contributed by atoms with Gasteiger partial charge in [0.25, 0.3) is 0 Å². The molecule has 0 bridgehead atoms. The third-order valence-electron chi connectivity index (χ3n) is 1.82. The maximum atomic E-state index is 8.99. The van der Waals surface area contributed by atoms with E-state index >= 15 is 0 Å². The van der Waals surface area contributed by atoms with Crippen molar-refractivity contribution in [2.45, 2.75) is 26.4 Å². The highest BCUT2D eigenvalue weighted by atomic mass is 16.5. The van der Waals surface area contributed by atoms with Crippen molar-refractivity contribution in [2.75, 3.05) is 6.61 Å². The zero-order valence-electron chi connectivity index (χ0n) is 8.16. The number of aryl methyl sites for hydroxylation is 1. The SMILES string of the molecule is CCc1ccc(OC[C@H](C)O)cc1. The molecule has 0 radical (unpaired) electrons. The summed E-state index contributed by atoms with van der Waals surface area (Å²) >= 11 is 0. The number of rotatable bonds is 4. The van der Waals surface area contributed by atoms with Gasteiger partial charge in [-0.2, -0.15) is 0 Å². The summed E-state index contributed by atoms with van der Waals surface area (Å²) < 4.78 is 5.32. The number of benzene rings is 1. The van der Waals surface area contributed by atoms with Crippen molar-refractivity contribution in [3.63, 3.8) is 0 Å². The van der Waals surface area contributed by atoms with E-state index in [1.165, 1.54) is 5.56 Å². The Balaban J connectivity index is 2.49. The van der Waals surface area contributed by atoms with Crippen molar-refractivity contribution in [1.82, 2.24) is 0 Å². The molecule has 2 heteroatoms. The highest BCUT2D eigenvalue weighted by molar-refractivity contribution is 5.27. The van der Waals surface area contributed by atoms with Gasteiger partial charge in [-0.05, 0) is 31.0 Å². The lowest BCUT2D eigenvalue weighted by atomic mass is 10.2. The predicted octanol–water partition coefficient (Wildman–Crippen LogP) is 2.01. The van der Waals surface area contributed by atoms with Gasteiger partial charge < -0.3 is 9.84 Å². The Morgan fingerprint density at radius 2 is 1.92 bits per heavy atom. The smallest absolute Gasteiger partial charge is 0.119 e. The molecule has 0 spiro atoms. The minimum absolute atomic E-state index is 0.353. The van der Waals surface area contributed by atoms with E-state index in [4.69, 9.17) is 9.84 Å². The zero-order valence-corrected chi connectivity index (χ0v) is 8.16. The van der Waals surface area contributed by atoms with E-state index < -0.39 is 6.10 Å². The van der Waals surface area contributed by atoms with E-state index in [0.717, 1.165) is 12.2 Å². The van der Waals surface area contributed by atoms with Gasteiger partial charge in [0, 0.05) is 0 Å². The fourth-order valence-corrected chi connectivity index (χ4v) is 1.04. The van der Waals surface area contributed by atoms with Crippen LogP contribution in [0.1, 0.15) is 19.4 Å². The predicted molar refractivity (Wildman–Crippen MR) is 53.0 cm³/mol. The molecule has 0 amide bonds. The Bertz CT molecular complexity index is 239. The fraction of sp³-hybridized carbons (Fsp3) is 0.455. The molecule has 0 unspecified atom stereocenters. The van der Waals surface area contributed by atoms with Crippen molar-refractivity contribution >= 4 is 0 Å². The molecule has 0 saturated carbocycles. The summed E-state index contributed by atoms with van der Waals surface area (Å²) in [6.07, 6.45) is 0.627. The van der Waals surface area contributed by atoms with Crippen LogP contribution in [0.2, 0.25) is 0 Å². The Kier molecular flexibility index (Phi) is 3.77. The van der Waals surface area contributed by atoms with E-state index in [0.29, 0.717) is 6.61 Å². The number of ether oxygens (including phenoxy) is 1. The Hall–Kier alpha value is -1.02. The van der Waals surface area contributed by atoms with Crippen LogP contribution in [0.4, 0.5) is 0 Å². The van der Waals surface area contributed by atoms with Gasteiger partial charge in [-0.15, -0.1) is 0 Å². The van der Waals surface area contributed by atoms with Crippen LogP contribution in [-0.4, -0.2) is 17.8 Å². The van der Waals surface area contributed by atoms with E-state index in [1.54, 1.807) is 6.92 Å². The average molecular weight is 180 g/mol. The molecule has 0 aliphatic carbocycles. The number of hydrogen-bond acceptors (Lipinski definition) is 2. The molecule has 72 valence electrons. The summed E-state index contributed by atoms with van der Waals surface area (Å²) in [7, 11) is 0. The molecule has 1 atom stereocenters. The molecular weight excluding hydrogens is 164 g/mol. The van der Waals surface area contributed by atoms with Gasteiger partial charge in [0.05, 0.1) is 6.10 Å². The molecule has 13 heavy (non-hydrogen) atoms. The molecule has 0 fully saturated rings. The summed E-state index contributed by atoms with van der Waals surface area (Å²) in [4.78, 5) is 0. The van der Waals surface area contributed by atoms with Crippen molar-refractivity contribution in [3.05, 3.63) is 29.8 Å². The van der Waals surface area contributed by atoms with Gasteiger partial charge in [0.2, 0.25) is 0 Å². The van der Waals surface area contributed by atoms with Gasteiger partial charge in [-0.3, -0.25) is 0 Å². The topological polar surface area (TPSA) is 29.5 Å². The lowest BCUT2D eigenvalue weighted by molar-refractivity contribution is 0.122. The van der Waals surface area contributed by atoms with Gasteiger partial charge in [-0.1, -0.05) is 19.1 Å². The Morgan fingerprint density at radius 3 is 2.38 bits per heavy atom. The lowest BCUT2D eigenvalue weighted by Gasteiger charge is -2.08. The van der Waals surface area contributed by atoms with E-state index in [1.807, 2.05) is 24.3 Å². The Morgan fingerprint density at radius 1 is 1.31 bits per heavy atom. The summed E-state index contributed by atoms with van der Waals surface area (Å²) in [5.74, 6) is 0.818. The van der Waals surface area contributed by atoms with E-state index in [9.17, 15) is 0 Å². The van der Waals surface area contributed by atoms with Crippen molar-refractivity contribution in [1.29, 1.82) is 0 Å². The van der Waals surface area contributed by atoms with Gasteiger partial charge in [0.15, 0.2) is 0 Å². The second-order valence-electron chi connectivity index (χ2n) is 3.16. The highest BCUT2D eigenvalue weighted by Crippen LogP contribution is 2.12. The van der Waals surface area contributed by atoms with Crippen molar-refractivity contribution in [2.24, 2.45) is 0 Å². The number of aliphatic hydroxyl groups excluding tert-OH is 1. The normalized spacial score (nSPS) is 12.5. The van der Waals surface area contributed by atoms with Crippen molar-refractivity contribution in [3.8, 4) is 5.75 Å². The summed E-state index contributed by atoms with van der Waals surface area (Å²) in [5.41, 5.74) is 1.30. The third kappa shape index (κ3) is 3.47. The van der Waals surface area contributed by atoms with Crippen LogP contribution in [0.5, 0.6) is 5.75 Å². The van der Waals surface area contributed by atoms with Crippen LogP contribution < -0.4 is 4.74 Å². The summed E-state index contributed by atoms with van der Waals surface area (Å²) in [6.45, 7) is 4.18. The number of hydrogen-bond donors (Lipinski definition) is 1. The summed E-state index contributed by atoms with van der Waals surface area (Å²) in [6, 6.07) is 7.94. The molecule has 0 aliphatic heterocycles. The first-order valence-electron chi connectivity index (χ1n) is 4.62. The molecule has 1 aromatic rings. The maximum absolute atomic E-state index is 8.99. The van der Waals surface area contributed by atoms with Gasteiger partial charge >= 0.3 is 0 Å². The molecular formula is C11H16O2. The average Bonchev–Trinajstić information content (AvgIpc) is 2.15. The minimum Gasteiger partial charge on any atom is -0.491 e. The molecule has 1 aromatic carbocycles. The molecule has 0 saturated heterocycles. The largest absolute Gasteiger partial charge is 0.491 e. The molecule has 1 N–H and O–H groups in total. The van der Waals surface area contributed by atoms with Crippen LogP contribution in [0.15, 0.2) is 24.3 Å². The Labute approximate surface area is 79.2 Å². The second-order valence-corrected chi connectivity index (χ2v) is 3.16. The zero-order chi connectivity index (χ0) is 9.68. The first kappa shape index (κ1) is 10.1. The van der Waals surface area contributed by atoms with E-state index in [-0.39, 0.29) is 0 Å². The monoisotopic (exact) mass is 180 g/mol. The quantitative estimate of drug-likeness (QED) is 0.768. The second kappa shape index (κ2) is 4.87. The van der Waals surface area contributed by atoms with Crippen LogP contribution in [0.25, 0.3) is 0 Å². The fourth-order valence-electron chi connectivity index (χ4n) is 1.04.